The van der Waals surface area contributed by atoms with Gasteiger partial charge in [0, 0.05) is 18.1 Å². The molecule has 19 heavy (non-hydrogen) atoms. The maximum Gasteiger partial charge on any atom is 0.419 e. The number of alkyl halides is 3. The van der Waals surface area contributed by atoms with Crippen LogP contribution in [0.4, 0.5) is 13.2 Å². The third kappa shape index (κ3) is 3.77. The number of halogens is 3. The van der Waals surface area contributed by atoms with Crippen LogP contribution >= 0.6 is 11.3 Å². The van der Waals surface area contributed by atoms with Crippen molar-refractivity contribution in [2.45, 2.75) is 26.2 Å². The molecule has 104 valence electrons. The van der Waals surface area contributed by atoms with E-state index in [1.165, 1.54) is 16.0 Å². The van der Waals surface area contributed by atoms with Gasteiger partial charge in [0.05, 0.1) is 24.0 Å². The van der Waals surface area contributed by atoms with Crippen LogP contribution in [0, 0.1) is 0 Å². The van der Waals surface area contributed by atoms with Crippen molar-refractivity contribution >= 4 is 11.3 Å². The summed E-state index contributed by atoms with van der Waals surface area (Å²) in [5, 5.41) is 9.59. The second-order valence-electron chi connectivity index (χ2n) is 3.94. The fraction of sp³-hybridized carbons (Fsp3) is 0.455. The number of hydrogen-bond acceptors (Lipinski definition) is 4. The summed E-state index contributed by atoms with van der Waals surface area (Å²) in [4.78, 5) is 4.33. The highest BCUT2D eigenvalue weighted by atomic mass is 32.1. The minimum atomic E-state index is -4.35. The van der Waals surface area contributed by atoms with Gasteiger partial charge in [-0.2, -0.15) is 18.3 Å². The summed E-state index contributed by atoms with van der Waals surface area (Å²) in [5.41, 5.74) is -0.0228. The predicted molar refractivity (Wildman–Crippen MR) is 65.8 cm³/mol. The molecule has 0 radical (unpaired) electrons. The Morgan fingerprint density at radius 2 is 2.21 bits per heavy atom. The Bertz CT molecular complexity index is 532. The Morgan fingerprint density at radius 1 is 1.42 bits per heavy atom. The number of nitrogens with one attached hydrogen (secondary N) is 1. The third-order valence-corrected chi connectivity index (χ3v) is 3.31. The molecule has 0 saturated heterocycles. The van der Waals surface area contributed by atoms with Gasteiger partial charge in [-0.15, -0.1) is 11.3 Å². The van der Waals surface area contributed by atoms with Crippen LogP contribution in [0.15, 0.2) is 17.8 Å². The lowest BCUT2D eigenvalue weighted by molar-refractivity contribution is -0.137. The van der Waals surface area contributed by atoms with Crippen LogP contribution in [0.2, 0.25) is 0 Å². The molecule has 2 aromatic heterocycles. The van der Waals surface area contributed by atoms with Crippen molar-refractivity contribution in [2.75, 3.05) is 6.54 Å². The molecule has 2 aromatic rings. The Labute approximate surface area is 112 Å². The van der Waals surface area contributed by atoms with E-state index in [0.29, 0.717) is 6.54 Å². The standard InChI is InChI=1S/C11H13F3N4S/c1-2-15-4-10-17-9(7-19-10)6-18-5-8(3-16-18)11(12,13)14/h3,5,7,15H,2,4,6H2,1H3. The van der Waals surface area contributed by atoms with Crippen LogP contribution in [-0.2, 0) is 19.3 Å². The molecule has 0 aliphatic rings. The van der Waals surface area contributed by atoms with Gasteiger partial charge < -0.3 is 5.32 Å². The van der Waals surface area contributed by atoms with E-state index < -0.39 is 11.7 Å². The zero-order chi connectivity index (χ0) is 13.9. The normalized spacial score (nSPS) is 12.0. The Balaban J connectivity index is 2.01. The summed E-state index contributed by atoms with van der Waals surface area (Å²) in [6.07, 6.45) is -2.54. The molecule has 0 atom stereocenters. The summed E-state index contributed by atoms with van der Waals surface area (Å²) >= 11 is 1.48. The highest BCUT2D eigenvalue weighted by molar-refractivity contribution is 7.09. The highest BCUT2D eigenvalue weighted by Crippen LogP contribution is 2.28. The van der Waals surface area contributed by atoms with Gasteiger partial charge in [-0.1, -0.05) is 6.92 Å². The highest BCUT2D eigenvalue weighted by Gasteiger charge is 2.32. The average Bonchev–Trinajstić information content (AvgIpc) is 2.95. The van der Waals surface area contributed by atoms with Crippen LogP contribution in [0.3, 0.4) is 0 Å². The van der Waals surface area contributed by atoms with Crippen molar-refractivity contribution in [3.05, 3.63) is 34.0 Å². The van der Waals surface area contributed by atoms with E-state index in [4.69, 9.17) is 0 Å². The molecular formula is C11H13F3N4S. The van der Waals surface area contributed by atoms with Gasteiger partial charge >= 0.3 is 6.18 Å². The molecule has 0 saturated carbocycles. The van der Waals surface area contributed by atoms with E-state index in [0.717, 1.165) is 29.6 Å². The van der Waals surface area contributed by atoms with Crippen molar-refractivity contribution < 1.29 is 13.2 Å². The van der Waals surface area contributed by atoms with Gasteiger partial charge in [0.1, 0.15) is 5.01 Å². The SMILES string of the molecule is CCNCc1nc(Cn2cc(C(F)(F)F)cn2)cs1. The van der Waals surface area contributed by atoms with Gasteiger partial charge in [0.2, 0.25) is 0 Å². The first-order valence-corrected chi connectivity index (χ1v) is 6.60. The van der Waals surface area contributed by atoms with E-state index in [1.807, 2.05) is 12.3 Å². The molecule has 8 heteroatoms. The molecule has 0 aliphatic heterocycles. The Hall–Kier alpha value is -1.41. The number of nitrogens with zero attached hydrogens (tertiary/aromatic N) is 3. The lowest BCUT2D eigenvalue weighted by Crippen LogP contribution is -2.11. The Kier molecular flexibility index (Phi) is 4.20. The van der Waals surface area contributed by atoms with E-state index in [9.17, 15) is 13.2 Å². The molecule has 0 aromatic carbocycles. The van der Waals surface area contributed by atoms with Crippen molar-refractivity contribution in [1.82, 2.24) is 20.1 Å². The van der Waals surface area contributed by atoms with E-state index in [-0.39, 0.29) is 6.54 Å². The topological polar surface area (TPSA) is 42.7 Å². The summed E-state index contributed by atoms with van der Waals surface area (Å²) in [5.74, 6) is 0. The second-order valence-corrected chi connectivity index (χ2v) is 4.88. The van der Waals surface area contributed by atoms with Crippen LogP contribution in [0.5, 0.6) is 0 Å². The number of hydrogen-bond donors (Lipinski definition) is 1. The molecule has 0 spiro atoms. The van der Waals surface area contributed by atoms with Crippen LogP contribution in [0.25, 0.3) is 0 Å². The summed E-state index contributed by atoms with van der Waals surface area (Å²) in [6, 6.07) is 0. The summed E-state index contributed by atoms with van der Waals surface area (Å²) < 4.78 is 38.5. The second kappa shape index (κ2) is 5.70. The molecule has 1 N–H and O–H groups in total. The molecule has 0 fully saturated rings. The number of rotatable bonds is 5. The largest absolute Gasteiger partial charge is 0.419 e. The van der Waals surface area contributed by atoms with E-state index in [2.05, 4.69) is 15.4 Å². The number of thiazole rings is 1. The average molecular weight is 290 g/mol. The zero-order valence-electron chi connectivity index (χ0n) is 10.2. The zero-order valence-corrected chi connectivity index (χ0v) is 11.1. The minimum absolute atomic E-state index is 0.249. The number of aromatic nitrogens is 3. The molecule has 0 amide bonds. The maximum atomic E-state index is 12.4. The molecule has 0 unspecified atom stereocenters. The molecule has 2 heterocycles. The van der Waals surface area contributed by atoms with Gasteiger partial charge in [0.15, 0.2) is 0 Å². The van der Waals surface area contributed by atoms with Gasteiger partial charge in [-0.25, -0.2) is 4.98 Å². The fourth-order valence-electron chi connectivity index (χ4n) is 1.50. The van der Waals surface area contributed by atoms with Gasteiger partial charge in [-0.05, 0) is 6.54 Å². The quantitative estimate of drug-likeness (QED) is 0.920. The molecule has 4 nitrogen and oxygen atoms in total. The molecule has 2 rings (SSSR count). The molecule has 0 aliphatic carbocycles. The first-order chi connectivity index (χ1) is 8.99. The van der Waals surface area contributed by atoms with Crippen LogP contribution in [-0.4, -0.2) is 21.3 Å². The van der Waals surface area contributed by atoms with E-state index >= 15 is 0 Å². The summed E-state index contributed by atoms with van der Waals surface area (Å²) in [7, 11) is 0. The van der Waals surface area contributed by atoms with Crippen molar-refractivity contribution in [2.24, 2.45) is 0 Å². The van der Waals surface area contributed by atoms with Gasteiger partial charge in [0.25, 0.3) is 0 Å². The lowest BCUT2D eigenvalue weighted by Gasteiger charge is -2.01. The molecule has 0 bridgehead atoms. The monoisotopic (exact) mass is 290 g/mol. The van der Waals surface area contributed by atoms with E-state index in [1.54, 1.807) is 0 Å². The third-order valence-electron chi connectivity index (χ3n) is 2.41. The minimum Gasteiger partial charge on any atom is -0.311 e. The Morgan fingerprint density at radius 3 is 2.84 bits per heavy atom. The van der Waals surface area contributed by atoms with Gasteiger partial charge in [-0.3, -0.25) is 4.68 Å². The first kappa shape index (κ1) is 14.0. The smallest absolute Gasteiger partial charge is 0.311 e. The van der Waals surface area contributed by atoms with Crippen molar-refractivity contribution in [1.29, 1.82) is 0 Å². The first-order valence-electron chi connectivity index (χ1n) is 5.72. The fourth-order valence-corrected chi connectivity index (χ4v) is 2.25. The molecular weight excluding hydrogens is 277 g/mol. The maximum absolute atomic E-state index is 12.4. The summed E-state index contributed by atoms with van der Waals surface area (Å²) in [6.45, 7) is 3.77. The van der Waals surface area contributed by atoms with Crippen LogP contribution in [0.1, 0.15) is 23.2 Å². The van der Waals surface area contributed by atoms with Crippen LogP contribution < -0.4 is 5.32 Å². The van der Waals surface area contributed by atoms with Crippen molar-refractivity contribution in [3.63, 3.8) is 0 Å². The predicted octanol–water partition coefficient (Wildman–Crippen LogP) is 2.52. The van der Waals surface area contributed by atoms with Crippen molar-refractivity contribution in [3.8, 4) is 0 Å². The lowest BCUT2D eigenvalue weighted by atomic mass is 10.3.